The standard InChI is InChI=1S/C24H28NO6S/c1-4-29-22(26)18-10-11-19(32-18)24(28,14-8-6-5-7-9-14)23(27)30-15-12-16-20-21(31-20)17(13-15)25(16,2)3/h5-11,15-17,20-21,28H,4,12-13H2,1-3H3/q+1/t15?,16-,17+,20-,21+,24?. The summed E-state index contributed by atoms with van der Waals surface area (Å²) in [5, 5.41) is 11.7. The van der Waals surface area contributed by atoms with Gasteiger partial charge in [-0.25, -0.2) is 9.59 Å². The number of quaternary nitrogens is 1. The fourth-order valence-electron chi connectivity index (χ4n) is 5.42. The zero-order chi connectivity index (χ0) is 22.7. The highest BCUT2D eigenvalue weighted by molar-refractivity contribution is 7.14. The minimum atomic E-state index is -2.00. The highest BCUT2D eigenvalue weighted by Crippen LogP contribution is 2.52. The van der Waals surface area contributed by atoms with Crippen molar-refractivity contribution in [1.29, 1.82) is 0 Å². The molecule has 2 aromatic rings. The molecule has 5 rings (SSSR count). The molecule has 3 aliphatic heterocycles. The number of benzene rings is 1. The summed E-state index contributed by atoms with van der Waals surface area (Å²) in [6.45, 7) is 1.98. The molecule has 6 atom stereocenters. The van der Waals surface area contributed by atoms with E-state index in [0.29, 0.717) is 40.2 Å². The number of likely N-dealkylation sites (N-methyl/N-ethyl adjacent to an activating group) is 1. The third-order valence-electron chi connectivity index (χ3n) is 7.24. The Balaban J connectivity index is 1.42. The van der Waals surface area contributed by atoms with Crippen LogP contribution in [0.2, 0.25) is 0 Å². The molecule has 1 N–H and O–H groups in total. The molecule has 0 radical (unpaired) electrons. The Morgan fingerprint density at radius 1 is 1.12 bits per heavy atom. The Morgan fingerprint density at radius 3 is 2.41 bits per heavy atom. The number of fused-ring (bicyclic) bond motifs is 5. The number of ether oxygens (including phenoxy) is 3. The van der Waals surface area contributed by atoms with Gasteiger partial charge < -0.3 is 23.8 Å². The third kappa shape index (κ3) is 3.28. The van der Waals surface area contributed by atoms with E-state index in [1.807, 2.05) is 6.07 Å². The van der Waals surface area contributed by atoms with Gasteiger partial charge in [0.05, 0.1) is 25.6 Å². The predicted molar refractivity (Wildman–Crippen MR) is 117 cm³/mol. The highest BCUT2D eigenvalue weighted by atomic mass is 32.1. The minimum Gasteiger partial charge on any atom is -0.462 e. The second-order valence-corrected chi connectivity index (χ2v) is 10.4. The summed E-state index contributed by atoms with van der Waals surface area (Å²) in [5.41, 5.74) is -1.60. The van der Waals surface area contributed by atoms with Crippen LogP contribution in [-0.4, -0.2) is 72.6 Å². The lowest BCUT2D eigenvalue weighted by Gasteiger charge is -2.45. The maximum absolute atomic E-state index is 13.5. The molecule has 1 aromatic heterocycles. The van der Waals surface area contributed by atoms with Crippen LogP contribution >= 0.6 is 11.3 Å². The number of esters is 2. The number of aliphatic hydroxyl groups is 1. The molecule has 32 heavy (non-hydrogen) atoms. The lowest BCUT2D eigenvalue weighted by Crippen LogP contribution is -2.60. The van der Waals surface area contributed by atoms with E-state index in [-0.39, 0.29) is 24.9 Å². The van der Waals surface area contributed by atoms with Crippen LogP contribution in [0.25, 0.3) is 0 Å². The molecular weight excluding hydrogens is 430 g/mol. The van der Waals surface area contributed by atoms with Gasteiger partial charge in [-0.2, -0.15) is 0 Å². The fourth-order valence-corrected chi connectivity index (χ4v) is 6.42. The fraction of sp³-hybridized carbons (Fsp3) is 0.500. The van der Waals surface area contributed by atoms with Gasteiger partial charge >= 0.3 is 11.9 Å². The van der Waals surface area contributed by atoms with Crippen LogP contribution in [0.4, 0.5) is 0 Å². The lowest BCUT2D eigenvalue weighted by atomic mass is 9.91. The molecule has 2 unspecified atom stereocenters. The Bertz CT molecular complexity index is 1020. The molecule has 3 fully saturated rings. The molecule has 0 amide bonds. The molecule has 0 saturated carbocycles. The SMILES string of the molecule is CCOC(=O)c1ccc(C(O)(C(=O)OC2C[C@@H]3[C@H]4O[C@H]4[C@H](C2)[N+]3(C)C)c2ccccc2)s1. The van der Waals surface area contributed by atoms with Gasteiger partial charge in [0, 0.05) is 18.4 Å². The molecule has 8 heteroatoms. The van der Waals surface area contributed by atoms with Crippen LogP contribution in [0.5, 0.6) is 0 Å². The van der Waals surface area contributed by atoms with Crippen molar-refractivity contribution in [2.24, 2.45) is 0 Å². The van der Waals surface area contributed by atoms with Crippen molar-refractivity contribution in [2.45, 2.75) is 55.8 Å². The maximum Gasteiger partial charge on any atom is 0.348 e. The number of morpholine rings is 1. The van der Waals surface area contributed by atoms with Crippen molar-refractivity contribution < 1.29 is 33.4 Å². The minimum absolute atomic E-state index is 0.246. The number of piperidine rings is 1. The van der Waals surface area contributed by atoms with Crippen molar-refractivity contribution in [3.63, 3.8) is 0 Å². The molecule has 170 valence electrons. The van der Waals surface area contributed by atoms with E-state index in [2.05, 4.69) is 14.1 Å². The zero-order valence-corrected chi connectivity index (χ0v) is 19.2. The first-order chi connectivity index (χ1) is 15.3. The summed E-state index contributed by atoms with van der Waals surface area (Å²) in [4.78, 5) is 26.3. The zero-order valence-electron chi connectivity index (χ0n) is 18.4. The quantitative estimate of drug-likeness (QED) is 0.407. The van der Waals surface area contributed by atoms with E-state index in [1.165, 1.54) is 0 Å². The normalized spacial score (nSPS) is 31.3. The first-order valence-electron chi connectivity index (χ1n) is 11.0. The Hall–Kier alpha value is -2.26. The molecule has 0 aliphatic carbocycles. The third-order valence-corrected chi connectivity index (χ3v) is 8.41. The van der Waals surface area contributed by atoms with E-state index >= 15 is 0 Å². The van der Waals surface area contributed by atoms with E-state index in [4.69, 9.17) is 14.2 Å². The summed E-state index contributed by atoms with van der Waals surface area (Å²) in [7, 11) is 4.43. The van der Waals surface area contributed by atoms with E-state index < -0.39 is 17.5 Å². The van der Waals surface area contributed by atoms with Gasteiger partial charge in [0.15, 0.2) is 0 Å². The number of hydrogen-bond donors (Lipinski definition) is 1. The summed E-state index contributed by atoms with van der Waals surface area (Å²) >= 11 is 1.05. The van der Waals surface area contributed by atoms with Gasteiger partial charge in [-0.3, -0.25) is 0 Å². The van der Waals surface area contributed by atoms with Crippen LogP contribution in [0.1, 0.15) is 39.9 Å². The van der Waals surface area contributed by atoms with E-state index in [9.17, 15) is 14.7 Å². The summed E-state index contributed by atoms with van der Waals surface area (Å²) in [6.07, 6.45) is 1.63. The van der Waals surface area contributed by atoms with E-state index in [1.54, 1.807) is 43.3 Å². The molecule has 0 spiro atoms. The number of carbonyl (C=O) groups excluding carboxylic acids is 2. The Kier molecular flexibility index (Phi) is 5.16. The Labute approximate surface area is 191 Å². The number of carbonyl (C=O) groups is 2. The van der Waals surface area contributed by atoms with Crippen LogP contribution in [0.15, 0.2) is 42.5 Å². The van der Waals surface area contributed by atoms with Gasteiger partial charge in [0.2, 0.25) is 5.60 Å². The maximum atomic E-state index is 13.5. The first kappa shape index (κ1) is 21.6. The van der Waals surface area contributed by atoms with Crippen molar-refractivity contribution in [2.75, 3.05) is 20.7 Å². The molecule has 3 saturated heterocycles. The van der Waals surface area contributed by atoms with Crippen molar-refractivity contribution in [3.05, 3.63) is 57.8 Å². The predicted octanol–water partition coefficient (Wildman–Crippen LogP) is 2.46. The molecule has 3 aliphatic rings. The topological polar surface area (TPSA) is 85.4 Å². The molecule has 1 aromatic carbocycles. The Morgan fingerprint density at radius 2 is 1.78 bits per heavy atom. The number of thiophene rings is 1. The monoisotopic (exact) mass is 458 g/mol. The summed E-state index contributed by atoms with van der Waals surface area (Å²) < 4.78 is 17.7. The molecule has 4 heterocycles. The smallest absolute Gasteiger partial charge is 0.348 e. The average molecular weight is 459 g/mol. The number of epoxide rings is 1. The largest absolute Gasteiger partial charge is 0.462 e. The molecule has 7 nitrogen and oxygen atoms in total. The van der Waals surface area contributed by atoms with Crippen LogP contribution in [0, 0.1) is 0 Å². The second kappa shape index (κ2) is 7.66. The summed E-state index contributed by atoms with van der Waals surface area (Å²) in [6, 6.07) is 12.5. The van der Waals surface area contributed by atoms with Gasteiger partial charge in [-0.15, -0.1) is 11.3 Å². The summed E-state index contributed by atoms with van der Waals surface area (Å²) in [5.74, 6) is -1.19. The lowest BCUT2D eigenvalue weighted by molar-refractivity contribution is -0.938. The number of rotatable bonds is 6. The van der Waals surface area contributed by atoms with Crippen molar-refractivity contribution in [3.8, 4) is 0 Å². The van der Waals surface area contributed by atoms with Crippen molar-refractivity contribution >= 4 is 23.3 Å². The second-order valence-electron chi connectivity index (χ2n) is 9.29. The van der Waals surface area contributed by atoms with E-state index in [0.717, 1.165) is 15.8 Å². The van der Waals surface area contributed by atoms with Gasteiger partial charge in [-0.1, -0.05) is 30.3 Å². The van der Waals surface area contributed by atoms with Gasteiger partial charge in [-0.05, 0) is 19.1 Å². The number of hydrogen-bond acceptors (Lipinski definition) is 7. The van der Waals surface area contributed by atoms with Crippen molar-refractivity contribution in [1.82, 2.24) is 0 Å². The first-order valence-corrected chi connectivity index (χ1v) is 11.8. The molecule has 2 bridgehead atoms. The van der Waals surface area contributed by atoms with Gasteiger partial charge in [0.25, 0.3) is 0 Å². The van der Waals surface area contributed by atoms with Crippen LogP contribution in [-0.2, 0) is 24.6 Å². The van der Waals surface area contributed by atoms with Crippen LogP contribution < -0.4 is 0 Å². The van der Waals surface area contributed by atoms with Gasteiger partial charge in [0.1, 0.15) is 35.3 Å². The average Bonchev–Trinajstić information content (AvgIpc) is 3.36. The number of nitrogens with zero attached hydrogens (tertiary/aromatic N) is 1. The van der Waals surface area contributed by atoms with Crippen LogP contribution in [0.3, 0.4) is 0 Å². The molecular formula is C24H28NO6S+. The highest BCUT2D eigenvalue weighted by Gasteiger charge is 2.71.